The Morgan fingerprint density at radius 2 is 2.21 bits per heavy atom. The van der Waals surface area contributed by atoms with Crippen LogP contribution in [0.5, 0.6) is 0 Å². The number of carbonyl (C=O) groups excluding carboxylic acids is 1. The number of nitrogens with zero attached hydrogens (tertiary/aromatic N) is 6. The molecule has 1 aromatic carbocycles. The van der Waals surface area contributed by atoms with E-state index < -0.39 is 0 Å². The van der Waals surface area contributed by atoms with Crippen molar-refractivity contribution in [1.29, 1.82) is 5.26 Å². The van der Waals surface area contributed by atoms with Crippen molar-refractivity contribution in [3.8, 4) is 6.07 Å². The second-order valence-corrected chi connectivity index (χ2v) is 6.30. The molecule has 1 fully saturated rings. The minimum atomic E-state index is -0.283. The van der Waals surface area contributed by atoms with Crippen LogP contribution in [0.1, 0.15) is 12.7 Å². The highest BCUT2D eigenvalue weighted by molar-refractivity contribution is 6.33. The number of H-pyrrole nitrogens is 1. The van der Waals surface area contributed by atoms with Crippen LogP contribution in [0.25, 0.3) is 5.57 Å². The van der Waals surface area contributed by atoms with Gasteiger partial charge in [0.05, 0.1) is 17.3 Å². The zero-order valence-electron chi connectivity index (χ0n) is 15.2. The van der Waals surface area contributed by atoms with Crippen LogP contribution in [0.3, 0.4) is 0 Å². The Labute approximate surface area is 166 Å². The minimum Gasteiger partial charge on any atom is -0.450 e. The lowest BCUT2D eigenvalue weighted by atomic mass is 10.2. The van der Waals surface area contributed by atoms with Crippen LogP contribution in [0.2, 0.25) is 5.02 Å². The third-order valence-electron chi connectivity index (χ3n) is 4.18. The van der Waals surface area contributed by atoms with Crippen LogP contribution in [-0.2, 0) is 4.74 Å². The molecular weight excluding hydrogens is 384 g/mol. The van der Waals surface area contributed by atoms with Gasteiger partial charge in [-0.25, -0.2) is 4.79 Å². The van der Waals surface area contributed by atoms with Crippen LogP contribution in [0.4, 0.5) is 16.2 Å². The van der Waals surface area contributed by atoms with E-state index in [1.54, 1.807) is 17.9 Å². The van der Waals surface area contributed by atoms with Crippen LogP contribution in [0, 0.1) is 11.3 Å². The highest BCUT2D eigenvalue weighted by Crippen LogP contribution is 2.30. The van der Waals surface area contributed by atoms with Gasteiger partial charge in [0.2, 0.25) is 5.82 Å². The van der Waals surface area contributed by atoms with Gasteiger partial charge in [-0.05, 0) is 30.3 Å². The molecule has 146 valence electrons. The van der Waals surface area contributed by atoms with Crippen LogP contribution in [0.15, 0.2) is 24.4 Å². The zero-order valence-corrected chi connectivity index (χ0v) is 16.0. The van der Waals surface area contributed by atoms with Gasteiger partial charge in [-0.1, -0.05) is 11.6 Å². The SMILES string of the molecule is CCOC(=O)N1CCN(c2ccc(NC=C(C#N)c3nn[nH]n3)cc2Cl)CC1. The molecule has 0 atom stereocenters. The summed E-state index contributed by atoms with van der Waals surface area (Å²) in [5, 5.41) is 26.1. The number of halogens is 1. The van der Waals surface area contributed by atoms with E-state index in [9.17, 15) is 10.1 Å². The number of aromatic nitrogens is 4. The molecule has 0 aliphatic carbocycles. The molecular formula is C17H19ClN8O2. The number of anilines is 2. The number of hydrogen-bond donors (Lipinski definition) is 2. The first-order chi connectivity index (χ1) is 13.6. The first-order valence-corrected chi connectivity index (χ1v) is 9.07. The number of allylic oxidation sites excluding steroid dienone is 1. The van der Waals surface area contributed by atoms with Gasteiger partial charge < -0.3 is 19.9 Å². The molecule has 1 aromatic heterocycles. The second kappa shape index (κ2) is 9.05. The molecule has 0 spiro atoms. The third-order valence-corrected chi connectivity index (χ3v) is 4.49. The average Bonchev–Trinajstić information content (AvgIpc) is 3.24. The van der Waals surface area contributed by atoms with Crippen molar-refractivity contribution in [2.24, 2.45) is 0 Å². The van der Waals surface area contributed by atoms with Crippen LogP contribution >= 0.6 is 11.6 Å². The summed E-state index contributed by atoms with van der Waals surface area (Å²) < 4.78 is 5.03. The normalized spacial score (nSPS) is 14.5. The molecule has 2 heterocycles. The van der Waals surface area contributed by atoms with E-state index in [2.05, 4.69) is 30.8 Å². The predicted molar refractivity (Wildman–Crippen MR) is 104 cm³/mol. The van der Waals surface area contributed by atoms with Crippen molar-refractivity contribution < 1.29 is 9.53 Å². The number of hydrogen-bond acceptors (Lipinski definition) is 8. The van der Waals surface area contributed by atoms with Crippen molar-refractivity contribution in [3.63, 3.8) is 0 Å². The fraction of sp³-hybridized carbons (Fsp3) is 0.353. The molecule has 0 saturated carbocycles. The van der Waals surface area contributed by atoms with E-state index >= 15 is 0 Å². The molecule has 0 bridgehead atoms. The van der Waals surface area contributed by atoms with Gasteiger partial charge in [-0.15, -0.1) is 10.2 Å². The molecule has 1 amide bonds. The number of carbonyl (C=O) groups is 1. The van der Waals surface area contributed by atoms with E-state index in [0.29, 0.717) is 37.8 Å². The zero-order chi connectivity index (χ0) is 19.9. The quantitative estimate of drug-likeness (QED) is 0.729. The van der Waals surface area contributed by atoms with Crippen molar-refractivity contribution in [2.45, 2.75) is 6.92 Å². The smallest absolute Gasteiger partial charge is 0.409 e. The lowest BCUT2D eigenvalue weighted by molar-refractivity contribution is 0.105. The number of tetrazole rings is 1. The van der Waals surface area contributed by atoms with Gasteiger partial charge in [-0.2, -0.15) is 10.5 Å². The maximum atomic E-state index is 11.8. The maximum absolute atomic E-state index is 11.8. The van der Waals surface area contributed by atoms with Gasteiger partial charge >= 0.3 is 6.09 Å². The Balaban J connectivity index is 1.63. The van der Waals surface area contributed by atoms with Crippen molar-refractivity contribution >= 4 is 34.6 Å². The molecule has 3 rings (SSSR count). The Morgan fingerprint density at radius 1 is 1.43 bits per heavy atom. The minimum absolute atomic E-state index is 0.206. The van der Waals surface area contributed by atoms with Crippen molar-refractivity contribution in [1.82, 2.24) is 25.5 Å². The molecule has 0 unspecified atom stereocenters. The second-order valence-electron chi connectivity index (χ2n) is 5.89. The Hall–Kier alpha value is -3.32. The van der Waals surface area contributed by atoms with E-state index in [1.165, 1.54) is 6.20 Å². The number of nitriles is 1. The molecule has 11 heteroatoms. The van der Waals surface area contributed by atoms with E-state index in [1.807, 2.05) is 18.2 Å². The van der Waals surface area contributed by atoms with Gasteiger partial charge in [0, 0.05) is 38.1 Å². The molecule has 2 N–H and O–H groups in total. The third kappa shape index (κ3) is 4.50. The number of rotatable bonds is 5. The highest BCUT2D eigenvalue weighted by Gasteiger charge is 2.23. The summed E-state index contributed by atoms with van der Waals surface area (Å²) in [7, 11) is 0. The Bertz CT molecular complexity index is 885. The lowest BCUT2D eigenvalue weighted by Crippen LogP contribution is -2.49. The Morgan fingerprint density at radius 3 is 2.82 bits per heavy atom. The Kier molecular flexibility index (Phi) is 6.29. The number of benzene rings is 1. The molecule has 1 aliphatic rings. The predicted octanol–water partition coefficient (Wildman–Crippen LogP) is 2.11. The summed E-state index contributed by atoms with van der Waals surface area (Å²) >= 11 is 6.45. The monoisotopic (exact) mass is 402 g/mol. The van der Waals surface area contributed by atoms with Gasteiger partial charge in [0.1, 0.15) is 11.6 Å². The lowest BCUT2D eigenvalue weighted by Gasteiger charge is -2.35. The van der Waals surface area contributed by atoms with Crippen molar-refractivity contribution in [2.75, 3.05) is 43.0 Å². The van der Waals surface area contributed by atoms with Gasteiger partial charge in [0.15, 0.2) is 0 Å². The van der Waals surface area contributed by atoms with Gasteiger partial charge in [-0.3, -0.25) is 0 Å². The molecule has 10 nitrogen and oxygen atoms in total. The largest absolute Gasteiger partial charge is 0.450 e. The number of ether oxygens (including phenoxy) is 1. The topological polar surface area (TPSA) is 123 Å². The maximum Gasteiger partial charge on any atom is 0.409 e. The number of amides is 1. The van der Waals surface area contributed by atoms with Gasteiger partial charge in [0.25, 0.3) is 0 Å². The number of nitrogens with one attached hydrogen (secondary N) is 2. The van der Waals surface area contributed by atoms with Crippen LogP contribution < -0.4 is 10.2 Å². The van der Waals surface area contributed by atoms with Crippen LogP contribution in [-0.4, -0.2) is 64.4 Å². The summed E-state index contributed by atoms with van der Waals surface area (Å²) in [5.41, 5.74) is 1.84. The summed E-state index contributed by atoms with van der Waals surface area (Å²) in [5.74, 6) is 0.206. The number of aromatic amines is 1. The van der Waals surface area contributed by atoms with E-state index in [-0.39, 0.29) is 17.5 Å². The molecule has 28 heavy (non-hydrogen) atoms. The fourth-order valence-corrected chi connectivity index (χ4v) is 3.08. The summed E-state index contributed by atoms with van der Waals surface area (Å²) in [6.07, 6.45) is 1.21. The first-order valence-electron chi connectivity index (χ1n) is 8.69. The highest BCUT2D eigenvalue weighted by atomic mass is 35.5. The molecule has 1 saturated heterocycles. The molecule has 2 aromatic rings. The average molecular weight is 403 g/mol. The summed E-state index contributed by atoms with van der Waals surface area (Å²) in [6, 6.07) is 7.54. The number of piperazine rings is 1. The first kappa shape index (κ1) is 19.4. The fourth-order valence-electron chi connectivity index (χ4n) is 2.78. The summed E-state index contributed by atoms with van der Waals surface area (Å²) in [6.45, 7) is 4.65. The van der Waals surface area contributed by atoms with E-state index in [0.717, 1.165) is 11.4 Å². The molecule has 1 aliphatic heterocycles. The molecule has 0 radical (unpaired) electrons. The standard InChI is InChI=1S/C17H19ClN8O2/c1-2-28-17(27)26-7-5-25(6-8-26)15-4-3-13(9-14(15)18)20-11-12(10-19)16-21-23-24-22-16/h3-4,9,11,20H,2,5-8H2,1H3,(H,21,22,23,24). The van der Waals surface area contributed by atoms with E-state index in [4.69, 9.17) is 16.3 Å². The van der Waals surface area contributed by atoms with Crippen molar-refractivity contribution in [3.05, 3.63) is 35.2 Å². The summed E-state index contributed by atoms with van der Waals surface area (Å²) in [4.78, 5) is 15.6.